The Morgan fingerprint density at radius 1 is 0.185 bits per heavy atom. The second kappa shape index (κ2) is 37.4. The molecule has 5 heterocycles. The molecule has 135 heavy (non-hydrogen) atoms. The predicted octanol–water partition coefficient (Wildman–Crippen LogP) is 29.3. The quantitative estimate of drug-likeness (QED) is 0.0850. The molecule has 0 spiro atoms. The summed E-state index contributed by atoms with van der Waals surface area (Å²) in [5.41, 5.74) is 23.2. The monoisotopic (exact) mass is 1740 g/mol. The lowest BCUT2D eigenvalue weighted by Gasteiger charge is -2.16. The van der Waals surface area contributed by atoms with Crippen molar-refractivity contribution in [3.05, 3.63) is 490 Å². The lowest BCUT2D eigenvalue weighted by atomic mass is 9.96. The molecule has 5 aromatic heterocycles. The van der Waals surface area contributed by atoms with Gasteiger partial charge in [-0.2, -0.15) is 0 Å². The van der Waals surface area contributed by atoms with Gasteiger partial charge in [-0.25, -0.2) is 64.2 Å². The van der Waals surface area contributed by atoms with Gasteiger partial charge in [0.1, 0.15) is 5.82 Å². The van der Waals surface area contributed by atoms with Crippen LogP contribution in [0.3, 0.4) is 0 Å². The fourth-order valence-corrected chi connectivity index (χ4v) is 16.8. The van der Waals surface area contributed by atoms with Gasteiger partial charge in [0.05, 0.1) is 36.0 Å². The Hall–Kier alpha value is -18.3. The Labute approximate surface area is 794 Å². The molecule has 14 heteroatoms. The fourth-order valence-electron chi connectivity index (χ4n) is 16.8. The zero-order chi connectivity index (χ0) is 98.9. The second-order valence-corrected chi connectivity index (χ2v) is 32.0. The third-order valence-electron chi connectivity index (χ3n) is 23.5. The molecule has 0 saturated carbocycles. The first kappa shape index (κ1) is 71.6. The van der Waals surface area contributed by atoms with E-state index in [2.05, 4.69) is 177 Å². The van der Waals surface area contributed by atoms with Crippen LogP contribution in [0.2, 0.25) is 0 Å². The van der Waals surface area contributed by atoms with Gasteiger partial charge in [0.15, 0.2) is 69.9 Å². The van der Waals surface area contributed by atoms with E-state index in [1.54, 1.807) is 30.3 Å². The van der Waals surface area contributed by atoms with Gasteiger partial charge in [0, 0.05) is 72.0 Å². The average Bonchev–Trinajstić information content (AvgIpc) is 1.56. The van der Waals surface area contributed by atoms with Crippen molar-refractivity contribution in [1.29, 1.82) is 0 Å². The molecule has 23 aromatic rings. The molecule has 0 aliphatic heterocycles. The minimum Gasteiger partial charge on any atom is -0.308 e. The zero-order valence-corrected chi connectivity index (χ0v) is 72.2. The minimum atomic E-state index is -0.656. The van der Waals surface area contributed by atoms with Gasteiger partial charge in [-0.1, -0.05) is 400 Å². The van der Waals surface area contributed by atoms with Crippen molar-refractivity contribution in [3.63, 3.8) is 0 Å². The summed E-state index contributed by atoms with van der Waals surface area (Å²) in [6.45, 7) is 0. The van der Waals surface area contributed by atoms with Gasteiger partial charge >= 0.3 is 0 Å². The maximum Gasteiger partial charge on any atom is 0.167 e. The lowest BCUT2D eigenvalue weighted by molar-refractivity contribution is 0.630. The van der Waals surface area contributed by atoms with Crippen LogP contribution in [0.15, 0.2) is 473 Å². The summed E-state index contributed by atoms with van der Waals surface area (Å²) in [4.78, 5) is 58.0. The van der Waals surface area contributed by atoms with Crippen LogP contribution in [0.25, 0.3) is 220 Å². The number of hydrogen-bond acceptors (Lipinski definition) is 12. The molecule has 18 aromatic carbocycles. The van der Waals surface area contributed by atoms with Crippen LogP contribution in [0, 0.1) is 5.82 Å². The first-order valence-corrected chi connectivity index (χ1v) is 44.0. The number of fused-ring (bicyclic) bond motifs is 6. The SMILES string of the molecule is [2H]c1c([2H])c([2H])c(-c2nc(-c3ccccc3)nc(-c3cc(-c4nc(-c5ccccc5)nc(-c5ccccc5)n4)ccc3-n3c4ccc(-c5ccccc5)cc4c4cc(-c5ccccc5)ccc43)n2)c([2H])c1[2H].[2H]c1c([2H])c([2H])c(-c2nc(-c3ccccc3)nc(-c3cc(-c4nc(-c5ccccc5)nc(-c5ccccc5)n4)ccc3F)n2)c([2H])c1[2H].c1ccc(-c2ccc3c(c2)-c2cc(-c4ccccc4)ccc2C3)cc1. The van der Waals surface area contributed by atoms with Gasteiger partial charge in [-0.3, -0.25) is 0 Å². The van der Waals surface area contributed by atoms with Crippen LogP contribution < -0.4 is 0 Å². The molecule has 0 radical (unpaired) electrons. The Bertz CT molecular complexity index is 8530. The Kier molecular flexibility index (Phi) is 19.9. The number of aromatic nitrogens is 13. The second-order valence-electron chi connectivity index (χ2n) is 32.0. The molecule has 636 valence electrons. The van der Waals surface area contributed by atoms with Crippen molar-refractivity contribution >= 4 is 21.8 Å². The highest BCUT2D eigenvalue weighted by atomic mass is 19.1. The van der Waals surface area contributed by atoms with Gasteiger partial charge < -0.3 is 4.57 Å². The largest absolute Gasteiger partial charge is 0.308 e. The third kappa shape index (κ3) is 17.6. The summed E-state index contributed by atoms with van der Waals surface area (Å²) < 4.78 is 103. The summed E-state index contributed by atoms with van der Waals surface area (Å²) in [7, 11) is 0. The van der Waals surface area contributed by atoms with Crippen LogP contribution in [-0.4, -0.2) is 64.4 Å². The third-order valence-corrected chi connectivity index (χ3v) is 23.5. The van der Waals surface area contributed by atoms with E-state index in [0.717, 1.165) is 72.7 Å². The smallest absolute Gasteiger partial charge is 0.167 e. The Balaban J connectivity index is 0.000000140. The highest BCUT2D eigenvalue weighted by Crippen LogP contribution is 2.45. The van der Waals surface area contributed by atoms with E-state index in [9.17, 15) is 0 Å². The van der Waals surface area contributed by atoms with E-state index in [0.29, 0.717) is 62.6 Å². The fraction of sp³-hybridized carbons (Fsp3) is 0.00826. The number of rotatable bonds is 17. The molecule has 0 amide bonds. The van der Waals surface area contributed by atoms with Crippen molar-refractivity contribution in [2.24, 2.45) is 0 Å². The van der Waals surface area contributed by atoms with Crippen LogP contribution in [0.1, 0.15) is 24.8 Å². The normalized spacial score (nSPS) is 12.3. The molecule has 0 atom stereocenters. The van der Waals surface area contributed by atoms with E-state index in [-0.39, 0.29) is 57.5 Å². The van der Waals surface area contributed by atoms with Crippen molar-refractivity contribution in [2.75, 3.05) is 0 Å². The van der Waals surface area contributed by atoms with Crippen molar-refractivity contribution in [3.8, 4) is 198 Å². The number of hydrogen-bond donors (Lipinski definition) is 0. The Morgan fingerprint density at radius 3 is 0.726 bits per heavy atom. The molecule has 24 rings (SSSR count). The first-order valence-electron chi connectivity index (χ1n) is 49.0. The number of halogens is 1. The molecule has 1 aliphatic rings. The topological polar surface area (TPSA) is 160 Å². The zero-order valence-electron chi connectivity index (χ0n) is 82.2. The van der Waals surface area contributed by atoms with E-state index in [4.69, 9.17) is 58.6 Å². The molecular formula is C121H80FN13. The van der Waals surface area contributed by atoms with Crippen LogP contribution in [-0.2, 0) is 6.42 Å². The van der Waals surface area contributed by atoms with E-state index in [1.807, 2.05) is 212 Å². The van der Waals surface area contributed by atoms with E-state index >= 15 is 4.39 Å². The van der Waals surface area contributed by atoms with Crippen LogP contribution >= 0.6 is 0 Å². The Morgan fingerprint density at radius 2 is 0.415 bits per heavy atom. The lowest BCUT2D eigenvalue weighted by Crippen LogP contribution is -2.05. The number of nitrogens with zero attached hydrogens (tertiary/aromatic N) is 13. The first-order chi connectivity index (χ1) is 70.9. The maximum atomic E-state index is 15.8. The van der Waals surface area contributed by atoms with Crippen molar-refractivity contribution in [2.45, 2.75) is 6.42 Å². The molecule has 0 fully saturated rings. The standard InChI is InChI=1S/C60H39N7.C36H23FN6.C25H18/c1-7-19-40(20-8-1)46-31-34-52-49(37-46)50-38-47(41-21-9-2-10-22-41)32-35-53(50)67(52)54-36-33-48(59-63-55(42-23-11-3-12-24-42)61-56(64-59)43-25-13-4-14-26-43)39-51(54)60-65-57(44-27-15-5-16-28-44)62-58(66-60)45-29-17-6-18-30-45;37-30-22-21-28(35-40-31(24-13-5-1-6-14-24)38-32(41-35)25-15-7-2-8-16-25)23-29(30)36-42-33(26-17-9-3-10-18-26)39-34(43-36)27-19-11-4-12-20-27;1-3-7-18(8-4-1)20-11-13-22-15-23-14-12-21(17-25(23)24(22)16-20)19-9-5-2-6-10-19/h1-39H;1-23H;1-14,16-17H,15H2/i5D,15D,16D,27D,28D;3D,9D,10D,17D,18D;. The average molecular weight is 1750 g/mol. The van der Waals surface area contributed by atoms with Gasteiger partial charge in [0.2, 0.25) is 0 Å². The van der Waals surface area contributed by atoms with E-state index in [1.165, 1.54) is 56.6 Å². The summed E-state index contributed by atoms with van der Waals surface area (Å²) >= 11 is 0. The molecule has 0 N–H and O–H groups in total. The van der Waals surface area contributed by atoms with Crippen molar-refractivity contribution in [1.82, 2.24) is 64.4 Å². The molecule has 13 nitrogen and oxygen atoms in total. The summed E-state index contributed by atoms with van der Waals surface area (Å²) in [6.07, 6.45) is 1.04. The van der Waals surface area contributed by atoms with Crippen molar-refractivity contribution < 1.29 is 18.1 Å². The molecule has 0 unspecified atom stereocenters. The van der Waals surface area contributed by atoms with Crippen LogP contribution in [0.4, 0.5) is 4.39 Å². The molecule has 1 aliphatic carbocycles. The highest BCUT2D eigenvalue weighted by molar-refractivity contribution is 6.12. The highest BCUT2D eigenvalue weighted by Gasteiger charge is 2.26. The van der Waals surface area contributed by atoms with Gasteiger partial charge in [-0.15, -0.1) is 0 Å². The predicted molar refractivity (Wildman–Crippen MR) is 542 cm³/mol. The number of benzene rings is 18. The summed E-state index contributed by atoms with van der Waals surface area (Å²) in [6, 6.07) is 131. The maximum absolute atomic E-state index is 15.8. The summed E-state index contributed by atoms with van der Waals surface area (Å²) in [5, 5.41) is 2.05. The summed E-state index contributed by atoms with van der Waals surface area (Å²) in [5.74, 6) is 2.07. The minimum absolute atomic E-state index is 0.0244. The van der Waals surface area contributed by atoms with Gasteiger partial charge in [-0.05, 0) is 146 Å². The van der Waals surface area contributed by atoms with E-state index < -0.39 is 66.2 Å². The molecule has 0 bridgehead atoms. The molecule has 0 saturated heterocycles. The van der Waals surface area contributed by atoms with Gasteiger partial charge in [0.25, 0.3) is 0 Å². The van der Waals surface area contributed by atoms with Crippen LogP contribution in [0.5, 0.6) is 0 Å². The molecular weight excluding hydrogens is 1650 g/mol.